The number of amidine groups is 4. The van der Waals surface area contributed by atoms with Crippen LogP contribution in [0.3, 0.4) is 0 Å². The number of hydrogen-bond acceptors (Lipinski definition) is 21. The number of aliphatic imine (C=N–C) groups is 4. The first kappa shape index (κ1) is 93.1. The molecule has 20 rings (SSSR count). The van der Waals surface area contributed by atoms with Crippen molar-refractivity contribution in [2.45, 2.75) is 98.8 Å². The number of aromatic nitrogens is 8. The van der Waals surface area contributed by atoms with E-state index in [0.717, 1.165) is 237 Å². The van der Waals surface area contributed by atoms with E-state index in [-0.39, 0.29) is 0 Å². The van der Waals surface area contributed by atoms with E-state index in [0.29, 0.717) is 49.8 Å². The molecule has 29 heteroatoms. The molecule has 0 amide bonds. The summed E-state index contributed by atoms with van der Waals surface area (Å²) in [6.45, 7) is 29.2. The summed E-state index contributed by atoms with van der Waals surface area (Å²) < 4.78 is 37.3. The van der Waals surface area contributed by atoms with E-state index in [1.165, 1.54) is 80.8 Å². The highest BCUT2D eigenvalue weighted by atomic mass is 32.1. The number of nitrogens with zero attached hydrogens (tertiary/aromatic N) is 16. The van der Waals surface area contributed by atoms with Crippen LogP contribution in [0.2, 0.25) is 0 Å². The molecule has 0 unspecified atom stereocenters. The van der Waals surface area contributed by atoms with Crippen molar-refractivity contribution >= 4 is 136 Å². The van der Waals surface area contributed by atoms with Crippen molar-refractivity contribution in [3.63, 3.8) is 0 Å². The molecule has 0 saturated carbocycles. The van der Waals surface area contributed by atoms with Gasteiger partial charge in [-0.25, -0.2) is 39.9 Å². The third kappa shape index (κ3) is 24.8. The number of morpholine rings is 1. The van der Waals surface area contributed by atoms with Crippen molar-refractivity contribution in [1.82, 2.24) is 57.8 Å². The molecule has 4 saturated heterocycles. The summed E-state index contributed by atoms with van der Waals surface area (Å²) in [4.78, 5) is 52.5. The van der Waals surface area contributed by atoms with E-state index in [4.69, 9.17) is 66.6 Å². The van der Waals surface area contributed by atoms with Crippen molar-refractivity contribution in [3.05, 3.63) is 305 Å². The maximum absolute atomic E-state index is 6.23. The van der Waals surface area contributed by atoms with Crippen LogP contribution in [0.25, 0.3) is 44.1 Å². The summed E-state index contributed by atoms with van der Waals surface area (Å²) in [7, 11) is 0. The number of rotatable bonds is 36. The molecule has 16 aromatic rings. The third-order valence-electron chi connectivity index (χ3n) is 24.1. The Morgan fingerprint density at radius 1 is 0.299 bits per heavy atom. The molecule has 8 aromatic heterocycles. The smallest absolute Gasteiger partial charge is 0.141 e. The van der Waals surface area contributed by atoms with Crippen LogP contribution >= 0.6 is 45.3 Å². The Morgan fingerprint density at radius 2 is 0.545 bits per heavy atom. The molecule has 134 heavy (non-hydrogen) atoms. The zero-order valence-electron chi connectivity index (χ0n) is 76.7. The van der Waals surface area contributed by atoms with Gasteiger partial charge in [-0.1, -0.05) is 72.8 Å². The van der Waals surface area contributed by atoms with Gasteiger partial charge in [0.05, 0.1) is 126 Å². The quantitative estimate of drug-likeness (QED) is 0.0161. The molecule has 0 aliphatic carbocycles. The fourth-order valence-electron chi connectivity index (χ4n) is 16.9. The number of imidazole rings is 4. The molecule has 8 N–H and O–H groups in total. The van der Waals surface area contributed by atoms with Crippen LogP contribution in [0.5, 0.6) is 23.0 Å². The molecule has 4 aliphatic rings. The first-order valence-corrected chi connectivity index (χ1v) is 50.1. The highest BCUT2D eigenvalue weighted by Crippen LogP contribution is 2.33. The lowest BCUT2D eigenvalue weighted by molar-refractivity contribution is 0.0364. The summed E-state index contributed by atoms with van der Waals surface area (Å²) in [5, 5.41) is 8.03. The zero-order valence-corrected chi connectivity index (χ0v) is 80.0. The number of thiophene rings is 4. The lowest BCUT2D eigenvalue weighted by Crippen LogP contribution is -2.39. The van der Waals surface area contributed by atoms with Crippen molar-refractivity contribution in [2.24, 2.45) is 42.9 Å². The molecule has 4 fully saturated rings. The minimum absolute atomic E-state index is 0.528. The molecule has 8 aromatic carbocycles. The van der Waals surface area contributed by atoms with Crippen molar-refractivity contribution in [1.29, 1.82) is 0 Å². The highest BCUT2D eigenvalue weighted by Gasteiger charge is 2.24. The van der Waals surface area contributed by atoms with Gasteiger partial charge in [-0.05, 0) is 263 Å². The zero-order chi connectivity index (χ0) is 91.9. The van der Waals surface area contributed by atoms with Gasteiger partial charge < -0.3 is 74.7 Å². The largest absolute Gasteiger partial charge is 0.494 e. The average Bonchev–Trinajstić information content (AvgIpc) is 1.65. The Bertz CT molecular complexity index is 6580. The lowest BCUT2D eigenvalue weighted by Gasteiger charge is -2.30. The Labute approximate surface area is 799 Å². The van der Waals surface area contributed by atoms with Gasteiger partial charge in [-0.15, -0.1) is 45.3 Å². The first-order chi connectivity index (χ1) is 65.8. The highest BCUT2D eigenvalue weighted by molar-refractivity contribution is 7.13. The molecular formula is C105H118N20O5S4. The molecule has 692 valence electrons. The number of likely N-dealkylation sites (tertiary alicyclic amines) is 2. The minimum atomic E-state index is 0.528. The topological polar surface area (TPSA) is 284 Å². The van der Waals surface area contributed by atoms with Gasteiger partial charge in [0.1, 0.15) is 69.6 Å². The van der Waals surface area contributed by atoms with Crippen molar-refractivity contribution < 1.29 is 23.7 Å². The van der Waals surface area contributed by atoms with Crippen molar-refractivity contribution in [2.75, 3.05) is 118 Å². The Hall–Kier alpha value is -12.7. The van der Waals surface area contributed by atoms with Crippen molar-refractivity contribution in [3.8, 4) is 23.0 Å². The SMILES string of the molecule is CCOc1ccc(Cc2nc3cc(N=C(N)c4cccs4)ccc3n2CCN2CC2)cc1.CCOc1ccc(Cc2nc3cc(N=C(N)c4cccs4)ccc3n2CCN2CCC2)cc1.CCOc1ccc(Cc2nc3cc(N=C(N)c4cccs4)ccc3n2CCN2CCCC2)cc1.CCOc1ccc(Cc2nc3cc(N=C(N)c4cccs4)ccc3n2CCN2CCOCC2)cc1. The molecule has 0 bridgehead atoms. The number of fused-ring (bicyclic) bond motifs is 4. The fourth-order valence-corrected chi connectivity index (χ4v) is 19.4. The molecule has 0 atom stereocenters. The maximum Gasteiger partial charge on any atom is 0.141 e. The number of nitrogens with two attached hydrogens (primary N) is 4. The minimum Gasteiger partial charge on any atom is -0.494 e. The van der Waals surface area contributed by atoms with E-state index in [1.54, 1.807) is 45.3 Å². The third-order valence-corrected chi connectivity index (χ3v) is 27.6. The van der Waals surface area contributed by atoms with E-state index in [9.17, 15) is 0 Å². The molecule has 4 aliphatic heterocycles. The van der Waals surface area contributed by atoms with Gasteiger partial charge in [-0.2, -0.15) is 0 Å². The lowest BCUT2D eigenvalue weighted by atomic mass is 10.1. The van der Waals surface area contributed by atoms with Crippen LogP contribution in [0, 0.1) is 0 Å². The van der Waals surface area contributed by atoms with Gasteiger partial charge in [0.2, 0.25) is 0 Å². The van der Waals surface area contributed by atoms with Gasteiger partial charge in [0.25, 0.3) is 0 Å². The van der Waals surface area contributed by atoms with Crippen LogP contribution in [0.15, 0.2) is 260 Å². The summed E-state index contributed by atoms with van der Waals surface area (Å²) in [5.74, 6) is 10.00. The maximum atomic E-state index is 6.23. The number of benzene rings is 8. The van der Waals surface area contributed by atoms with Crippen LogP contribution in [-0.2, 0) is 56.6 Å². The van der Waals surface area contributed by atoms with E-state index in [2.05, 4.69) is 131 Å². The Balaban J connectivity index is 0.000000124. The van der Waals surface area contributed by atoms with E-state index >= 15 is 0 Å². The van der Waals surface area contributed by atoms with Gasteiger partial charge in [0, 0.05) is 104 Å². The average molecular weight is 1870 g/mol. The Kier molecular flexibility index (Phi) is 31.9. The monoisotopic (exact) mass is 1870 g/mol. The van der Waals surface area contributed by atoms with Gasteiger partial charge >= 0.3 is 0 Å². The van der Waals surface area contributed by atoms with Crippen LogP contribution in [0.4, 0.5) is 22.7 Å². The molecular weight excluding hydrogens is 1750 g/mol. The van der Waals surface area contributed by atoms with E-state index in [1.807, 2.05) is 195 Å². The summed E-state index contributed by atoms with van der Waals surface area (Å²) >= 11 is 6.37. The van der Waals surface area contributed by atoms with Crippen LogP contribution < -0.4 is 41.9 Å². The predicted octanol–water partition coefficient (Wildman–Crippen LogP) is 18.9. The second kappa shape index (κ2) is 45.8. The summed E-state index contributed by atoms with van der Waals surface area (Å²) in [6, 6.07) is 73.9. The number of ether oxygens (including phenoxy) is 5. The van der Waals surface area contributed by atoms with E-state index < -0.39 is 0 Å². The molecule has 0 spiro atoms. The molecule has 25 nitrogen and oxygen atoms in total. The van der Waals surface area contributed by atoms with Crippen LogP contribution in [-0.4, -0.2) is 199 Å². The second-order valence-corrected chi connectivity index (χ2v) is 37.2. The van der Waals surface area contributed by atoms with Gasteiger partial charge in [-0.3, -0.25) is 9.80 Å². The normalized spacial score (nSPS) is 14.7. The standard InChI is InChI=1S/C27H31N5O2S.C27H31N5OS.C26H29N5OS.C25H27N5OS/c1-2-34-22-8-5-20(6-9-22)18-26-30-23-19-21(29-27(28)25-4-3-17-35-25)7-10-24(23)32(26)12-11-31-13-15-33-16-14-31;1-2-33-22-10-7-20(8-11-22)18-26-30-23-19-21(29-27(28)25-6-5-17-34-25)9-12-24(23)32(26)16-15-31-13-3-4-14-31;1-2-32-21-9-6-19(7-10-21)17-25-29-22-18-20(28-26(27)24-5-3-16-33-24)8-11-23(22)31(25)15-14-30-12-4-13-30;1-2-31-20-8-5-18(6-9-20)16-24-28-21-17-19(27-25(26)23-4-3-15-32-23)7-10-22(21)30(24)14-13-29-11-12-29/h3-10,17,19H,2,11-16,18H2,1H3,(H2,28,29);5-12,17,19H,2-4,13-16,18H2,1H3,(H2,28,29);3,5-11,16,18H,2,4,12-15,17H2,1H3,(H2,27,28);3-10,15,17H,2,11-14,16H2,1H3,(H2,26,27). The fraction of sp³-hybridized carbons (Fsp3) is 0.314. The van der Waals surface area contributed by atoms with Crippen LogP contribution in [0.1, 0.15) is 112 Å². The predicted molar refractivity (Wildman–Crippen MR) is 550 cm³/mol. The van der Waals surface area contributed by atoms with Gasteiger partial charge in [0.15, 0.2) is 0 Å². The second-order valence-electron chi connectivity index (χ2n) is 33.4. The number of hydrogen-bond donors (Lipinski definition) is 4. The molecule has 0 radical (unpaired) electrons. The first-order valence-electron chi connectivity index (χ1n) is 46.6. The molecule has 12 heterocycles. The summed E-state index contributed by atoms with van der Waals surface area (Å²) in [6.07, 6.45) is 6.98. The summed E-state index contributed by atoms with van der Waals surface area (Å²) in [5.41, 5.74) is 41.4. The Morgan fingerprint density at radius 3 is 0.769 bits per heavy atom.